The van der Waals surface area contributed by atoms with Crippen LogP contribution in [0, 0.1) is 0 Å². The molecular weight excluding hydrogens is 352 g/mol. The molecule has 2 amide bonds. The predicted molar refractivity (Wildman–Crippen MR) is 100 cm³/mol. The fraction of sp³-hybridized carbons (Fsp3) is 0.316. The number of nitrogens with one attached hydrogen (secondary N) is 1. The minimum atomic E-state index is -3.25. The second-order valence-electron chi connectivity index (χ2n) is 6.40. The minimum absolute atomic E-state index is 0.203. The van der Waals surface area contributed by atoms with E-state index in [2.05, 4.69) is 5.32 Å². The topological polar surface area (TPSA) is 75.7 Å². The largest absolute Gasteiger partial charge is 0.496 e. The molecule has 2 aromatic rings. The Balaban J connectivity index is 1.73. The lowest BCUT2D eigenvalue weighted by molar-refractivity contribution is 0.205. The predicted octanol–water partition coefficient (Wildman–Crippen LogP) is 3.30. The molecular formula is C19H22N2O4S. The van der Waals surface area contributed by atoms with E-state index in [0.29, 0.717) is 12.2 Å². The van der Waals surface area contributed by atoms with Crippen molar-refractivity contribution in [3.63, 3.8) is 0 Å². The number of methoxy groups -OCH3 is 1. The van der Waals surface area contributed by atoms with Gasteiger partial charge in [-0.25, -0.2) is 13.2 Å². The van der Waals surface area contributed by atoms with E-state index in [1.54, 1.807) is 24.1 Å². The van der Waals surface area contributed by atoms with E-state index in [1.807, 2.05) is 24.3 Å². The van der Waals surface area contributed by atoms with E-state index in [1.165, 1.54) is 12.1 Å². The van der Waals surface area contributed by atoms with Gasteiger partial charge in [-0.3, -0.25) is 0 Å². The van der Waals surface area contributed by atoms with Gasteiger partial charge in [0.1, 0.15) is 5.75 Å². The maximum absolute atomic E-state index is 12.7. The molecule has 0 radical (unpaired) electrons. The average molecular weight is 374 g/mol. The first kappa shape index (κ1) is 18.3. The number of rotatable bonds is 6. The molecule has 0 saturated heterocycles. The molecule has 26 heavy (non-hydrogen) atoms. The number of anilines is 1. The first-order valence-corrected chi connectivity index (χ1v) is 10.3. The second-order valence-corrected chi connectivity index (χ2v) is 8.41. The number of urea groups is 1. The van der Waals surface area contributed by atoms with E-state index >= 15 is 0 Å². The van der Waals surface area contributed by atoms with Crippen molar-refractivity contribution >= 4 is 21.6 Å². The van der Waals surface area contributed by atoms with Gasteiger partial charge in [0.05, 0.1) is 18.6 Å². The second kappa shape index (κ2) is 7.37. The van der Waals surface area contributed by atoms with Gasteiger partial charge in [0.25, 0.3) is 0 Å². The van der Waals surface area contributed by atoms with Crippen LogP contribution in [-0.4, -0.2) is 38.8 Å². The van der Waals surface area contributed by atoms with E-state index in [4.69, 9.17) is 4.74 Å². The standard InChI is InChI=1S/C19H22N2O4S/c1-25-18-6-4-3-5-14(18)13-21(16-9-10-16)19(22)20-15-7-11-17(12-8-15)26(2,23)24/h3-8,11-12,16H,9-10,13H2,1-2H3,(H,20,22). The molecule has 7 heteroatoms. The summed E-state index contributed by atoms with van der Waals surface area (Å²) < 4.78 is 28.4. The molecule has 0 aromatic heterocycles. The van der Waals surface area contributed by atoms with Crippen LogP contribution < -0.4 is 10.1 Å². The molecule has 1 aliphatic carbocycles. The lowest BCUT2D eigenvalue weighted by Crippen LogP contribution is -2.36. The van der Waals surface area contributed by atoms with Crippen LogP contribution in [0.2, 0.25) is 0 Å². The number of ether oxygens (including phenoxy) is 1. The molecule has 0 heterocycles. The lowest BCUT2D eigenvalue weighted by atomic mass is 10.2. The van der Waals surface area contributed by atoms with Crippen molar-refractivity contribution < 1.29 is 17.9 Å². The Labute approximate surface area is 153 Å². The monoisotopic (exact) mass is 374 g/mol. The number of sulfone groups is 1. The van der Waals surface area contributed by atoms with E-state index in [-0.39, 0.29) is 17.0 Å². The van der Waals surface area contributed by atoms with Crippen molar-refractivity contribution in [2.24, 2.45) is 0 Å². The maximum atomic E-state index is 12.7. The Morgan fingerprint density at radius 1 is 1.15 bits per heavy atom. The van der Waals surface area contributed by atoms with Crippen LogP contribution in [0.25, 0.3) is 0 Å². The van der Waals surface area contributed by atoms with Crippen LogP contribution in [0.4, 0.5) is 10.5 Å². The van der Waals surface area contributed by atoms with E-state index in [0.717, 1.165) is 30.4 Å². The molecule has 6 nitrogen and oxygen atoms in total. The van der Waals surface area contributed by atoms with Crippen LogP contribution >= 0.6 is 0 Å². The van der Waals surface area contributed by atoms with Gasteiger partial charge in [0.15, 0.2) is 9.84 Å². The smallest absolute Gasteiger partial charge is 0.322 e. The van der Waals surface area contributed by atoms with Gasteiger partial charge in [-0.05, 0) is 43.2 Å². The molecule has 1 aliphatic rings. The van der Waals surface area contributed by atoms with Crippen LogP contribution in [0.15, 0.2) is 53.4 Å². The molecule has 0 atom stereocenters. The fourth-order valence-corrected chi connectivity index (χ4v) is 3.38. The zero-order valence-electron chi connectivity index (χ0n) is 14.8. The lowest BCUT2D eigenvalue weighted by Gasteiger charge is -2.24. The number of para-hydroxylation sites is 1. The zero-order valence-corrected chi connectivity index (χ0v) is 15.6. The third-order valence-electron chi connectivity index (χ3n) is 4.32. The van der Waals surface area contributed by atoms with E-state index in [9.17, 15) is 13.2 Å². The average Bonchev–Trinajstić information content (AvgIpc) is 3.44. The summed E-state index contributed by atoms with van der Waals surface area (Å²) in [6.07, 6.45) is 3.12. The van der Waals surface area contributed by atoms with Gasteiger partial charge >= 0.3 is 6.03 Å². The van der Waals surface area contributed by atoms with Gasteiger partial charge in [-0.1, -0.05) is 18.2 Å². The van der Waals surface area contributed by atoms with Crippen LogP contribution in [0.3, 0.4) is 0 Å². The maximum Gasteiger partial charge on any atom is 0.322 e. The highest BCUT2D eigenvalue weighted by molar-refractivity contribution is 7.90. The van der Waals surface area contributed by atoms with Crippen molar-refractivity contribution in [3.8, 4) is 5.75 Å². The third kappa shape index (κ3) is 4.35. The highest BCUT2D eigenvalue weighted by Gasteiger charge is 2.33. The van der Waals surface area contributed by atoms with Gasteiger partial charge in [0, 0.05) is 23.5 Å². The fourth-order valence-electron chi connectivity index (χ4n) is 2.75. The van der Waals surface area contributed by atoms with Crippen LogP contribution in [0.1, 0.15) is 18.4 Å². The summed E-state index contributed by atoms with van der Waals surface area (Å²) in [5.41, 5.74) is 1.51. The Bertz CT molecular complexity index is 890. The van der Waals surface area contributed by atoms with Crippen molar-refractivity contribution in [1.82, 2.24) is 4.90 Å². The molecule has 1 saturated carbocycles. The molecule has 138 valence electrons. The van der Waals surface area contributed by atoms with Crippen molar-refractivity contribution in [1.29, 1.82) is 0 Å². The molecule has 0 spiro atoms. The Morgan fingerprint density at radius 3 is 2.38 bits per heavy atom. The van der Waals surface area contributed by atoms with Crippen molar-refractivity contribution in [3.05, 3.63) is 54.1 Å². The van der Waals surface area contributed by atoms with Crippen LogP contribution in [0.5, 0.6) is 5.75 Å². The summed E-state index contributed by atoms with van der Waals surface area (Å²) in [7, 11) is -1.64. The number of benzene rings is 2. The quantitative estimate of drug-likeness (QED) is 0.842. The number of carbonyl (C=O) groups is 1. The third-order valence-corrected chi connectivity index (χ3v) is 5.44. The van der Waals surface area contributed by atoms with Gasteiger partial charge in [-0.15, -0.1) is 0 Å². The SMILES string of the molecule is COc1ccccc1CN(C(=O)Nc1ccc(S(C)(=O)=O)cc1)C1CC1. The molecule has 2 aromatic carbocycles. The molecule has 3 rings (SSSR count). The molecule has 0 bridgehead atoms. The van der Waals surface area contributed by atoms with Crippen molar-refractivity contribution in [2.75, 3.05) is 18.7 Å². The van der Waals surface area contributed by atoms with Gasteiger partial charge in [-0.2, -0.15) is 0 Å². The highest BCUT2D eigenvalue weighted by Crippen LogP contribution is 2.31. The van der Waals surface area contributed by atoms with Gasteiger partial charge in [0.2, 0.25) is 0 Å². The Kier molecular flexibility index (Phi) is 5.18. The number of nitrogens with zero attached hydrogens (tertiary/aromatic N) is 1. The number of hydrogen-bond donors (Lipinski definition) is 1. The van der Waals surface area contributed by atoms with E-state index < -0.39 is 9.84 Å². The highest BCUT2D eigenvalue weighted by atomic mass is 32.2. The number of carbonyl (C=O) groups excluding carboxylic acids is 1. The zero-order chi connectivity index (χ0) is 18.7. The summed E-state index contributed by atoms with van der Waals surface area (Å²) in [4.78, 5) is 14.8. The first-order valence-electron chi connectivity index (χ1n) is 8.38. The summed E-state index contributed by atoms with van der Waals surface area (Å²) in [5.74, 6) is 0.753. The van der Waals surface area contributed by atoms with Crippen LogP contribution in [-0.2, 0) is 16.4 Å². The normalized spacial score (nSPS) is 13.9. The first-order chi connectivity index (χ1) is 12.4. The molecule has 1 fully saturated rings. The molecule has 0 aliphatic heterocycles. The summed E-state index contributed by atoms with van der Waals surface area (Å²) in [6, 6.07) is 13.8. The number of hydrogen-bond acceptors (Lipinski definition) is 4. The summed E-state index contributed by atoms with van der Waals surface area (Å²) in [5, 5.41) is 2.85. The molecule has 0 unspecified atom stereocenters. The molecule has 1 N–H and O–H groups in total. The summed E-state index contributed by atoms with van der Waals surface area (Å²) in [6.45, 7) is 0.460. The van der Waals surface area contributed by atoms with Gasteiger partial charge < -0.3 is 15.0 Å². The Morgan fingerprint density at radius 2 is 1.81 bits per heavy atom. The Hall–Kier alpha value is -2.54. The summed E-state index contributed by atoms with van der Waals surface area (Å²) >= 11 is 0. The van der Waals surface area contributed by atoms with Crippen molar-refractivity contribution in [2.45, 2.75) is 30.3 Å². The number of amides is 2. The minimum Gasteiger partial charge on any atom is -0.496 e.